The Labute approximate surface area is 120 Å². The summed E-state index contributed by atoms with van der Waals surface area (Å²) in [4.78, 5) is 13.7. The molecular formula is C12H23N3O4S. The van der Waals surface area contributed by atoms with E-state index in [1.807, 2.05) is 0 Å². The van der Waals surface area contributed by atoms with Gasteiger partial charge in [-0.1, -0.05) is 0 Å². The van der Waals surface area contributed by atoms with Gasteiger partial charge in [-0.15, -0.1) is 0 Å². The van der Waals surface area contributed by atoms with E-state index in [0.717, 1.165) is 25.7 Å². The second-order valence-electron chi connectivity index (χ2n) is 5.65. The molecule has 0 saturated carbocycles. The van der Waals surface area contributed by atoms with Crippen molar-refractivity contribution < 1.29 is 18.3 Å². The van der Waals surface area contributed by atoms with Gasteiger partial charge in [0.1, 0.15) is 0 Å². The summed E-state index contributed by atoms with van der Waals surface area (Å²) in [6, 6.07) is -0.353. The van der Waals surface area contributed by atoms with Gasteiger partial charge in [0.2, 0.25) is 10.0 Å². The van der Waals surface area contributed by atoms with Gasteiger partial charge in [0, 0.05) is 32.2 Å². The number of β-amino-alcohol motifs (C(OH)–C–C–N with tert-alkyl or cyclic N) is 1. The maximum Gasteiger partial charge on any atom is 0.317 e. The first-order valence-corrected chi connectivity index (χ1v) is 8.89. The molecule has 0 aromatic heterocycles. The number of hydrogen-bond donors (Lipinski definition) is 2. The number of amides is 2. The molecule has 116 valence electrons. The van der Waals surface area contributed by atoms with Crippen LogP contribution in [0.5, 0.6) is 0 Å². The molecule has 2 aliphatic heterocycles. The van der Waals surface area contributed by atoms with Gasteiger partial charge >= 0.3 is 6.03 Å². The Morgan fingerprint density at radius 1 is 1.20 bits per heavy atom. The van der Waals surface area contributed by atoms with Crippen molar-refractivity contribution in [1.82, 2.24) is 14.5 Å². The zero-order valence-corrected chi connectivity index (χ0v) is 12.6. The molecule has 2 atom stereocenters. The number of likely N-dealkylation sites (tertiary alicyclic amines) is 1. The van der Waals surface area contributed by atoms with E-state index in [2.05, 4.69) is 5.32 Å². The van der Waals surface area contributed by atoms with Crippen LogP contribution in [0.1, 0.15) is 25.7 Å². The molecule has 20 heavy (non-hydrogen) atoms. The molecule has 2 N–H and O–H groups in total. The van der Waals surface area contributed by atoms with Crippen LogP contribution < -0.4 is 5.32 Å². The van der Waals surface area contributed by atoms with E-state index in [-0.39, 0.29) is 12.1 Å². The Balaban J connectivity index is 1.87. The molecule has 2 fully saturated rings. The lowest BCUT2D eigenvalue weighted by Gasteiger charge is -2.35. The number of urea groups is 1. The van der Waals surface area contributed by atoms with Crippen molar-refractivity contribution in [2.24, 2.45) is 0 Å². The van der Waals surface area contributed by atoms with Crippen molar-refractivity contribution in [3.05, 3.63) is 0 Å². The van der Waals surface area contributed by atoms with Crippen LogP contribution in [0.3, 0.4) is 0 Å². The molecule has 2 heterocycles. The fraction of sp³-hybridized carbons (Fsp3) is 0.917. The number of carbonyl (C=O) groups is 1. The standard InChI is InChI=1S/C12H23N3O4S/c1-20(18,19)15-7-2-4-10(8-15)13-12(17)14-6-3-5-11(16)9-14/h10-11,16H,2-9H2,1H3,(H,13,17). The van der Waals surface area contributed by atoms with Gasteiger partial charge < -0.3 is 15.3 Å². The van der Waals surface area contributed by atoms with Gasteiger partial charge in [0.05, 0.1) is 12.4 Å². The molecular weight excluding hydrogens is 282 g/mol. The zero-order chi connectivity index (χ0) is 14.8. The minimum absolute atomic E-state index is 0.148. The molecule has 2 unspecified atom stereocenters. The summed E-state index contributed by atoms with van der Waals surface area (Å²) < 4.78 is 24.5. The SMILES string of the molecule is CS(=O)(=O)N1CCCC(NC(=O)N2CCCC(O)C2)C1. The van der Waals surface area contributed by atoms with Crippen LogP contribution in [0.2, 0.25) is 0 Å². The molecule has 0 spiro atoms. The highest BCUT2D eigenvalue weighted by Crippen LogP contribution is 2.14. The van der Waals surface area contributed by atoms with Gasteiger partial charge in [-0.25, -0.2) is 17.5 Å². The third-order valence-electron chi connectivity index (χ3n) is 3.86. The van der Waals surface area contributed by atoms with E-state index in [4.69, 9.17) is 0 Å². The lowest BCUT2D eigenvalue weighted by Crippen LogP contribution is -2.54. The highest BCUT2D eigenvalue weighted by atomic mass is 32.2. The summed E-state index contributed by atoms with van der Waals surface area (Å²) in [5, 5.41) is 12.5. The molecule has 2 rings (SSSR count). The second kappa shape index (κ2) is 6.28. The van der Waals surface area contributed by atoms with E-state index >= 15 is 0 Å². The summed E-state index contributed by atoms with van der Waals surface area (Å²) in [7, 11) is -3.20. The maximum atomic E-state index is 12.1. The van der Waals surface area contributed by atoms with Crippen LogP contribution in [-0.4, -0.2) is 73.3 Å². The summed E-state index contributed by atoms with van der Waals surface area (Å²) in [5.74, 6) is 0. The normalized spacial score (nSPS) is 29.2. The van der Waals surface area contributed by atoms with Crippen molar-refractivity contribution in [1.29, 1.82) is 0 Å². The molecule has 7 nitrogen and oxygen atoms in total. The first kappa shape index (κ1) is 15.5. The lowest BCUT2D eigenvalue weighted by molar-refractivity contribution is 0.0824. The predicted molar refractivity (Wildman–Crippen MR) is 74.8 cm³/mol. The van der Waals surface area contributed by atoms with Crippen molar-refractivity contribution >= 4 is 16.1 Å². The Morgan fingerprint density at radius 3 is 2.55 bits per heavy atom. The van der Waals surface area contributed by atoms with E-state index in [1.165, 1.54) is 10.6 Å². The number of hydrogen-bond acceptors (Lipinski definition) is 4. The van der Waals surface area contributed by atoms with E-state index in [1.54, 1.807) is 4.90 Å². The van der Waals surface area contributed by atoms with Crippen LogP contribution in [0.15, 0.2) is 0 Å². The minimum atomic E-state index is -3.20. The fourth-order valence-corrected chi connectivity index (χ4v) is 3.68. The number of nitrogens with one attached hydrogen (secondary N) is 1. The average Bonchev–Trinajstić information content (AvgIpc) is 2.38. The average molecular weight is 305 g/mol. The Bertz CT molecular complexity index is 454. The van der Waals surface area contributed by atoms with Gasteiger partial charge in [0.15, 0.2) is 0 Å². The van der Waals surface area contributed by atoms with Gasteiger partial charge in [-0.2, -0.15) is 0 Å². The molecule has 2 saturated heterocycles. The molecule has 2 amide bonds. The zero-order valence-electron chi connectivity index (χ0n) is 11.8. The molecule has 0 aliphatic carbocycles. The smallest absolute Gasteiger partial charge is 0.317 e. The fourth-order valence-electron chi connectivity index (χ4n) is 2.77. The van der Waals surface area contributed by atoms with Crippen LogP contribution >= 0.6 is 0 Å². The van der Waals surface area contributed by atoms with Crippen LogP contribution in [-0.2, 0) is 10.0 Å². The quantitative estimate of drug-likeness (QED) is 0.725. The summed E-state index contributed by atoms with van der Waals surface area (Å²) in [6.45, 7) is 1.86. The summed E-state index contributed by atoms with van der Waals surface area (Å²) >= 11 is 0. The van der Waals surface area contributed by atoms with Gasteiger partial charge in [0.25, 0.3) is 0 Å². The topological polar surface area (TPSA) is 90.0 Å². The molecule has 0 bridgehead atoms. The van der Waals surface area contributed by atoms with Crippen LogP contribution in [0.25, 0.3) is 0 Å². The number of aliphatic hydroxyl groups excluding tert-OH is 1. The monoisotopic (exact) mass is 305 g/mol. The summed E-state index contributed by atoms with van der Waals surface area (Å²) in [6.07, 6.45) is 3.81. The Morgan fingerprint density at radius 2 is 1.90 bits per heavy atom. The van der Waals surface area contributed by atoms with Gasteiger partial charge in [-0.3, -0.25) is 0 Å². The highest BCUT2D eigenvalue weighted by molar-refractivity contribution is 7.88. The third kappa shape index (κ3) is 4.07. The minimum Gasteiger partial charge on any atom is -0.391 e. The highest BCUT2D eigenvalue weighted by Gasteiger charge is 2.29. The number of piperidine rings is 2. The summed E-state index contributed by atoms with van der Waals surface area (Å²) in [5.41, 5.74) is 0. The van der Waals surface area contributed by atoms with E-state index in [9.17, 15) is 18.3 Å². The van der Waals surface area contributed by atoms with Crippen LogP contribution in [0, 0.1) is 0 Å². The third-order valence-corrected chi connectivity index (χ3v) is 5.13. The first-order chi connectivity index (χ1) is 9.36. The molecule has 0 radical (unpaired) electrons. The first-order valence-electron chi connectivity index (χ1n) is 7.05. The molecule has 0 aromatic rings. The number of rotatable bonds is 2. The number of nitrogens with zero attached hydrogens (tertiary/aromatic N) is 2. The van der Waals surface area contributed by atoms with Crippen molar-refractivity contribution in [2.75, 3.05) is 32.4 Å². The van der Waals surface area contributed by atoms with Crippen molar-refractivity contribution in [3.8, 4) is 0 Å². The number of sulfonamides is 1. The second-order valence-corrected chi connectivity index (χ2v) is 7.63. The molecule has 8 heteroatoms. The Kier molecular flexibility index (Phi) is 4.87. The molecule has 2 aliphatic rings. The number of aliphatic hydroxyl groups is 1. The van der Waals surface area contributed by atoms with Crippen molar-refractivity contribution in [3.63, 3.8) is 0 Å². The van der Waals surface area contributed by atoms with Crippen molar-refractivity contribution in [2.45, 2.75) is 37.8 Å². The lowest BCUT2D eigenvalue weighted by atomic mass is 10.1. The van der Waals surface area contributed by atoms with Crippen LogP contribution in [0.4, 0.5) is 4.79 Å². The van der Waals surface area contributed by atoms with E-state index in [0.29, 0.717) is 26.2 Å². The Hall–Kier alpha value is -0.860. The van der Waals surface area contributed by atoms with E-state index < -0.39 is 16.1 Å². The number of carbonyl (C=O) groups excluding carboxylic acids is 1. The van der Waals surface area contributed by atoms with Gasteiger partial charge in [-0.05, 0) is 25.7 Å². The maximum absolute atomic E-state index is 12.1. The predicted octanol–water partition coefficient (Wildman–Crippen LogP) is -0.423. The largest absolute Gasteiger partial charge is 0.391 e. The molecule has 0 aromatic carbocycles.